The van der Waals surface area contributed by atoms with E-state index in [1.165, 1.54) is 7.11 Å². The van der Waals surface area contributed by atoms with Crippen LogP contribution in [0, 0.1) is 0 Å². The molecular formula is C49H62N8O10. The number of carbonyl (C=O) groups excluding carboxylic acids is 4. The lowest BCUT2D eigenvalue weighted by atomic mass is 9.98. The van der Waals surface area contributed by atoms with Gasteiger partial charge in [-0.25, -0.2) is 19.2 Å². The molecule has 18 heteroatoms. The number of hydrogen-bond acceptors (Lipinski definition) is 12. The highest BCUT2D eigenvalue weighted by Crippen LogP contribution is 2.31. The van der Waals surface area contributed by atoms with Crippen molar-refractivity contribution >= 4 is 35.6 Å². The van der Waals surface area contributed by atoms with E-state index in [1.807, 2.05) is 84.9 Å². The van der Waals surface area contributed by atoms with Crippen LogP contribution in [0.2, 0.25) is 0 Å². The summed E-state index contributed by atoms with van der Waals surface area (Å²) in [5, 5.41) is 0. The minimum Gasteiger partial charge on any atom is -0.447 e. The predicted molar refractivity (Wildman–Crippen MR) is 249 cm³/mol. The number of nitrogens with two attached hydrogens (primary N) is 2. The van der Waals surface area contributed by atoms with Crippen molar-refractivity contribution in [1.29, 1.82) is 0 Å². The number of ether oxygens (including phenoxy) is 6. The van der Waals surface area contributed by atoms with E-state index < -0.39 is 42.9 Å². The molecule has 0 unspecified atom stereocenters. The third-order valence-corrected chi connectivity index (χ3v) is 12.1. The number of urea groups is 2. The average Bonchev–Trinajstić information content (AvgIpc) is 3.36. The van der Waals surface area contributed by atoms with Crippen molar-refractivity contribution in [1.82, 2.24) is 29.4 Å². The second-order valence-corrected chi connectivity index (χ2v) is 16.9. The molecule has 3 saturated heterocycles. The van der Waals surface area contributed by atoms with Crippen LogP contribution in [0.3, 0.4) is 0 Å². The summed E-state index contributed by atoms with van der Waals surface area (Å²) in [6.07, 6.45) is -6.27. The Morgan fingerprint density at radius 2 is 0.970 bits per heavy atom. The first kappa shape index (κ1) is 48.3. The van der Waals surface area contributed by atoms with E-state index >= 15 is 0 Å². The van der Waals surface area contributed by atoms with Gasteiger partial charge in [-0.2, -0.15) is 0 Å². The Hall–Kier alpha value is -6.60. The summed E-state index contributed by atoms with van der Waals surface area (Å²) >= 11 is 0. The Labute approximate surface area is 391 Å². The summed E-state index contributed by atoms with van der Waals surface area (Å²) in [7, 11) is 4.92. The molecule has 0 aliphatic carbocycles. The van der Waals surface area contributed by atoms with Crippen LogP contribution in [0.25, 0.3) is 0 Å². The summed E-state index contributed by atoms with van der Waals surface area (Å²) in [6.45, 7) is 3.11. The molecule has 4 aromatic carbocycles. The molecule has 5 atom stereocenters. The number of benzene rings is 4. The molecule has 358 valence electrons. The van der Waals surface area contributed by atoms with Crippen molar-refractivity contribution in [3.05, 3.63) is 131 Å². The number of hydrogen-bond donors (Lipinski definition) is 2. The Bertz CT molecular complexity index is 2210. The first-order chi connectivity index (χ1) is 32.4. The molecule has 3 heterocycles. The first-order valence-corrected chi connectivity index (χ1v) is 22.5. The van der Waals surface area contributed by atoms with Gasteiger partial charge in [0.15, 0.2) is 12.4 Å². The largest absolute Gasteiger partial charge is 0.447 e. The second kappa shape index (κ2) is 23.2. The molecule has 18 nitrogen and oxygen atoms in total. The first-order valence-electron chi connectivity index (χ1n) is 22.5. The molecule has 4 aromatic rings. The van der Waals surface area contributed by atoms with Gasteiger partial charge in [-0.15, -0.1) is 0 Å². The van der Waals surface area contributed by atoms with E-state index in [-0.39, 0.29) is 58.1 Å². The zero-order valence-corrected chi connectivity index (χ0v) is 38.4. The van der Waals surface area contributed by atoms with Crippen molar-refractivity contribution in [2.24, 2.45) is 0 Å². The summed E-state index contributed by atoms with van der Waals surface area (Å²) in [6, 6.07) is 33.6. The van der Waals surface area contributed by atoms with Crippen molar-refractivity contribution in [3.63, 3.8) is 0 Å². The maximum absolute atomic E-state index is 14.0. The number of carbonyl (C=O) groups is 4. The molecule has 0 bridgehead atoms. The lowest BCUT2D eigenvalue weighted by Crippen LogP contribution is -2.63. The number of nitrogen functional groups attached to an aromatic ring is 2. The molecule has 0 aromatic heterocycles. The number of methoxy groups -OCH3 is 1. The summed E-state index contributed by atoms with van der Waals surface area (Å²) in [5.41, 5.74) is 16.6. The van der Waals surface area contributed by atoms with Gasteiger partial charge in [-0.05, 0) is 46.5 Å². The molecule has 3 aliphatic rings. The smallest absolute Gasteiger partial charge is 0.410 e. The Morgan fingerprint density at radius 3 is 1.42 bits per heavy atom. The molecule has 0 spiro atoms. The molecule has 4 N–H and O–H groups in total. The van der Waals surface area contributed by atoms with Crippen LogP contribution in [0.1, 0.15) is 22.3 Å². The fourth-order valence-electron chi connectivity index (χ4n) is 8.26. The van der Waals surface area contributed by atoms with Gasteiger partial charge >= 0.3 is 24.2 Å². The third-order valence-electron chi connectivity index (χ3n) is 12.1. The Kier molecular flexibility index (Phi) is 16.8. The fraction of sp³-hybridized carbons (Fsp3) is 0.429. The Balaban J connectivity index is 1.01. The van der Waals surface area contributed by atoms with Crippen LogP contribution in [-0.2, 0) is 54.7 Å². The number of piperazine rings is 2. The van der Waals surface area contributed by atoms with E-state index in [9.17, 15) is 19.2 Å². The zero-order chi connectivity index (χ0) is 47.3. The normalized spacial score (nSPS) is 20.8. The molecule has 3 aliphatic heterocycles. The maximum Gasteiger partial charge on any atom is 0.410 e. The standard InChI is InChI=1S/C49H62N8O10/c1-52(30-35-14-18-39(50)19-15-35)46(58)54-22-26-56(27-23-54)48(60)65-34-41-42(63-32-37-10-6-4-7-11-37)43(64-33-38-12-8-5-9-13-38)44(45(62-3)66-41)67-49(61)57-28-24-55(25-29-57)47(59)53(2)31-36-16-20-40(51)21-17-36/h4-21,41-45H,22-34,50-51H2,1-3H3/t41-,42-,43+,44-,45+/m1/s1. The van der Waals surface area contributed by atoms with Crippen LogP contribution < -0.4 is 11.5 Å². The molecule has 6 amide bonds. The number of amides is 6. The van der Waals surface area contributed by atoms with E-state index in [0.717, 1.165) is 22.3 Å². The van der Waals surface area contributed by atoms with Crippen LogP contribution in [-0.4, -0.2) is 165 Å². The molecule has 0 saturated carbocycles. The van der Waals surface area contributed by atoms with Gasteiger partial charge in [-0.3, -0.25) is 0 Å². The van der Waals surface area contributed by atoms with Gasteiger partial charge in [0.05, 0.1) is 13.2 Å². The molecule has 7 rings (SSSR count). The minimum absolute atomic E-state index is 0.135. The van der Waals surface area contributed by atoms with Gasteiger partial charge in [0.2, 0.25) is 0 Å². The number of rotatable bonds is 14. The lowest BCUT2D eigenvalue weighted by molar-refractivity contribution is -0.311. The Morgan fingerprint density at radius 1 is 0.552 bits per heavy atom. The van der Waals surface area contributed by atoms with Crippen molar-refractivity contribution in [2.45, 2.75) is 57.0 Å². The molecule has 67 heavy (non-hydrogen) atoms. The molecular weight excluding hydrogens is 861 g/mol. The van der Waals surface area contributed by atoms with E-state index in [1.54, 1.807) is 67.8 Å². The highest BCUT2D eigenvalue weighted by atomic mass is 16.7. The lowest BCUT2D eigenvalue weighted by Gasteiger charge is -2.45. The summed E-state index contributed by atoms with van der Waals surface area (Å²) in [4.78, 5) is 64.2. The number of anilines is 2. The van der Waals surface area contributed by atoms with Gasteiger partial charge < -0.3 is 69.3 Å². The van der Waals surface area contributed by atoms with Gasteiger partial charge in [0.1, 0.15) is 24.9 Å². The molecule has 3 fully saturated rings. The highest BCUT2D eigenvalue weighted by Gasteiger charge is 2.51. The van der Waals surface area contributed by atoms with Crippen molar-refractivity contribution in [2.75, 3.05) is 91.6 Å². The SMILES string of the molecule is CO[C@H]1O[C@H](COC(=O)N2CCN(C(=O)N(C)Cc3ccc(N)cc3)CC2)[C@@H](OCc2ccccc2)[C@H](OCc2ccccc2)[C@H]1OC(=O)N1CCN(C(=O)N(C)Cc2ccc(N)cc2)CC1. The maximum atomic E-state index is 14.0. The van der Waals surface area contributed by atoms with Gasteiger partial charge in [-0.1, -0.05) is 84.9 Å². The second-order valence-electron chi connectivity index (χ2n) is 16.9. The van der Waals surface area contributed by atoms with Crippen molar-refractivity contribution < 1.29 is 47.6 Å². The monoisotopic (exact) mass is 922 g/mol. The minimum atomic E-state index is -1.14. The van der Waals surface area contributed by atoms with Gasteiger partial charge in [0, 0.05) is 98.0 Å². The quantitative estimate of drug-likeness (QED) is 0.160. The zero-order valence-electron chi connectivity index (χ0n) is 38.4. The van der Waals surface area contributed by atoms with Crippen LogP contribution in [0.4, 0.5) is 30.6 Å². The topological polar surface area (TPSA) is 195 Å². The van der Waals surface area contributed by atoms with E-state index in [4.69, 9.17) is 39.9 Å². The highest BCUT2D eigenvalue weighted by molar-refractivity contribution is 5.76. The van der Waals surface area contributed by atoms with Crippen LogP contribution in [0.15, 0.2) is 109 Å². The molecule has 0 radical (unpaired) electrons. The van der Waals surface area contributed by atoms with Crippen molar-refractivity contribution in [3.8, 4) is 0 Å². The fourth-order valence-corrected chi connectivity index (χ4v) is 8.26. The summed E-state index contributed by atoms with van der Waals surface area (Å²) in [5.74, 6) is 0. The summed E-state index contributed by atoms with van der Waals surface area (Å²) < 4.78 is 37.7. The van der Waals surface area contributed by atoms with Crippen LogP contribution in [0.5, 0.6) is 0 Å². The predicted octanol–water partition coefficient (Wildman–Crippen LogP) is 5.07. The average molecular weight is 923 g/mol. The van der Waals surface area contributed by atoms with Crippen LogP contribution >= 0.6 is 0 Å². The van der Waals surface area contributed by atoms with Gasteiger partial charge in [0.25, 0.3) is 0 Å². The third kappa shape index (κ3) is 13.1. The van der Waals surface area contributed by atoms with E-state index in [0.29, 0.717) is 50.6 Å². The van der Waals surface area contributed by atoms with E-state index in [2.05, 4.69) is 0 Å². The number of nitrogens with zero attached hydrogens (tertiary/aromatic N) is 6.